The minimum Gasteiger partial charge on any atom is -0.325 e. The van der Waals surface area contributed by atoms with Crippen LogP contribution in [0.2, 0.25) is 0 Å². The molecule has 24 heavy (non-hydrogen) atoms. The second-order valence-corrected chi connectivity index (χ2v) is 6.80. The smallest absolute Gasteiger partial charge is 0.261 e. The van der Waals surface area contributed by atoms with Gasteiger partial charge in [-0.05, 0) is 35.9 Å². The first-order chi connectivity index (χ1) is 11.5. The Hall–Kier alpha value is -2.47. The highest BCUT2D eigenvalue weighted by Crippen LogP contribution is 2.36. The van der Waals surface area contributed by atoms with Gasteiger partial charge in [-0.2, -0.15) is 0 Å². The number of hydrogen-bond donors (Lipinski definition) is 1. The molecule has 1 N–H and O–H groups in total. The van der Waals surface area contributed by atoms with Crippen LogP contribution in [0, 0.1) is 0 Å². The van der Waals surface area contributed by atoms with Gasteiger partial charge in [-0.25, -0.2) is 4.98 Å². The molecule has 1 aromatic heterocycles. The summed E-state index contributed by atoms with van der Waals surface area (Å²) in [5.41, 5.74) is 2.31. The van der Waals surface area contributed by atoms with E-state index in [1.807, 2.05) is 36.4 Å². The van der Waals surface area contributed by atoms with Crippen molar-refractivity contribution in [2.24, 2.45) is 7.05 Å². The molecule has 1 amide bonds. The van der Waals surface area contributed by atoms with Crippen molar-refractivity contribution in [3.63, 3.8) is 0 Å². The normalized spacial score (nSPS) is 16.2. The molecule has 1 aliphatic heterocycles. The lowest BCUT2D eigenvalue weighted by molar-refractivity contribution is -0.117. The van der Waals surface area contributed by atoms with Crippen LogP contribution in [0.1, 0.15) is 17.3 Å². The van der Waals surface area contributed by atoms with Crippen LogP contribution in [0.3, 0.4) is 0 Å². The summed E-state index contributed by atoms with van der Waals surface area (Å²) in [6, 6.07) is 13.0. The summed E-state index contributed by atoms with van der Waals surface area (Å²) in [4.78, 5) is 29.5. The van der Waals surface area contributed by atoms with Crippen molar-refractivity contribution in [2.75, 3.05) is 5.32 Å². The number of carbonyl (C=O) groups is 1. The predicted octanol–water partition coefficient (Wildman–Crippen LogP) is 2.97. The molecule has 0 saturated heterocycles. The highest BCUT2D eigenvalue weighted by atomic mass is 79.9. The first-order valence-corrected chi connectivity index (χ1v) is 8.39. The highest BCUT2D eigenvalue weighted by Gasteiger charge is 2.32. The minimum atomic E-state index is -0.350. The Kier molecular flexibility index (Phi) is 3.49. The molecule has 0 radical (unpaired) electrons. The van der Waals surface area contributed by atoms with E-state index in [-0.39, 0.29) is 17.4 Å². The second kappa shape index (κ2) is 5.56. The number of benzene rings is 2. The van der Waals surface area contributed by atoms with Gasteiger partial charge in [0.1, 0.15) is 5.82 Å². The summed E-state index contributed by atoms with van der Waals surface area (Å²) >= 11 is 3.45. The van der Waals surface area contributed by atoms with Crippen molar-refractivity contribution in [3.8, 4) is 0 Å². The Balaban J connectivity index is 1.81. The maximum Gasteiger partial charge on any atom is 0.261 e. The number of carbonyl (C=O) groups excluding carboxylic acids is 1. The average molecular weight is 384 g/mol. The molecule has 4 rings (SSSR count). The number of amides is 1. The van der Waals surface area contributed by atoms with E-state index in [0.29, 0.717) is 23.1 Å². The van der Waals surface area contributed by atoms with Gasteiger partial charge in [-0.1, -0.05) is 28.1 Å². The summed E-state index contributed by atoms with van der Waals surface area (Å²) in [5.74, 6) is 0.189. The highest BCUT2D eigenvalue weighted by molar-refractivity contribution is 9.10. The number of nitrogens with zero attached hydrogens (tertiary/aromatic N) is 2. The average Bonchev–Trinajstić information content (AvgIpc) is 2.88. The first-order valence-electron chi connectivity index (χ1n) is 7.59. The first kappa shape index (κ1) is 15.1. The van der Waals surface area contributed by atoms with Crippen LogP contribution in [-0.2, 0) is 18.3 Å². The van der Waals surface area contributed by atoms with Crippen molar-refractivity contribution in [1.29, 1.82) is 0 Å². The number of para-hydroxylation sites is 1. The van der Waals surface area contributed by atoms with Crippen LogP contribution in [0.15, 0.2) is 51.7 Å². The molecule has 1 aliphatic rings. The third-order valence-electron chi connectivity index (χ3n) is 4.43. The fourth-order valence-electron chi connectivity index (χ4n) is 3.13. The van der Waals surface area contributed by atoms with Crippen LogP contribution < -0.4 is 10.9 Å². The van der Waals surface area contributed by atoms with Gasteiger partial charge < -0.3 is 5.32 Å². The molecule has 0 bridgehead atoms. The van der Waals surface area contributed by atoms with E-state index in [1.54, 1.807) is 13.1 Å². The molecule has 2 aromatic carbocycles. The number of anilines is 1. The Bertz CT molecular complexity index is 1040. The van der Waals surface area contributed by atoms with Gasteiger partial charge in [0.15, 0.2) is 0 Å². The molecule has 0 fully saturated rings. The maximum atomic E-state index is 12.5. The fourth-order valence-corrected chi connectivity index (χ4v) is 3.51. The number of aromatic nitrogens is 2. The number of hydrogen-bond acceptors (Lipinski definition) is 3. The number of fused-ring (bicyclic) bond motifs is 2. The third-order valence-corrected chi connectivity index (χ3v) is 4.92. The van der Waals surface area contributed by atoms with Crippen LogP contribution in [0.5, 0.6) is 0 Å². The van der Waals surface area contributed by atoms with Crippen molar-refractivity contribution in [2.45, 2.75) is 12.3 Å². The molecular formula is C18H14BrN3O2. The van der Waals surface area contributed by atoms with Crippen LogP contribution >= 0.6 is 15.9 Å². The van der Waals surface area contributed by atoms with Gasteiger partial charge >= 0.3 is 0 Å². The molecule has 5 nitrogen and oxygen atoms in total. The molecule has 120 valence electrons. The number of nitrogens with one attached hydrogen (secondary N) is 1. The monoisotopic (exact) mass is 383 g/mol. The Morgan fingerprint density at radius 2 is 2.00 bits per heavy atom. The van der Waals surface area contributed by atoms with Gasteiger partial charge in [0, 0.05) is 23.6 Å². The van der Waals surface area contributed by atoms with Crippen molar-refractivity contribution >= 4 is 38.4 Å². The zero-order chi connectivity index (χ0) is 16.8. The lowest BCUT2D eigenvalue weighted by Crippen LogP contribution is -2.25. The van der Waals surface area contributed by atoms with Crippen LogP contribution in [0.25, 0.3) is 10.9 Å². The maximum absolute atomic E-state index is 12.5. The molecule has 0 aliphatic carbocycles. The van der Waals surface area contributed by atoms with Crippen molar-refractivity contribution in [1.82, 2.24) is 9.55 Å². The van der Waals surface area contributed by atoms with Gasteiger partial charge in [0.2, 0.25) is 5.91 Å². The summed E-state index contributed by atoms with van der Waals surface area (Å²) in [6.07, 6.45) is 0.381. The molecule has 2 heterocycles. The predicted molar refractivity (Wildman–Crippen MR) is 96.2 cm³/mol. The second-order valence-electron chi connectivity index (χ2n) is 5.89. The van der Waals surface area contributed by atoms with Gasteiger partial charge in [0.05, 0.1) is 16.8 Å². The van der Waals surface area contributed by atoms with Crippen LogP contribution in [-0.4, -0.2) is 15.5 Å². The van der Waals surface area contributed by atoms with E-state index >= 15 is 0 Å². The molecule has 0 unspecified atom stereocenters. The SMILES string of the molecule is Cn1c(C[C@H]2C(=O)Nc3ccc(Br)cc32)nc2ccccc2c1=O. The Morgan fingerprint density at radius 3 is 2.83 bits per heavy atom. The van der Waals surface area contributed by atoms with E-state index in [2.05, 4.69) is 26.2 Å². The minimum absolute atomic E-state index is 0.0643. The molecular weight excluding hydrogens is 370 g/mol. The quantitative estimate of drug-likeness (QED) is 0.739. The topological polar surface area (TPSA) is 64.0 Å². The molecule has 3 aromatic rings. The molecule has 0 saturated carbocycles. The zero-order valence-corrected chi connectivity index (χ0v) is 14.5. The molecule has 0 spiro atoms. The van der Waals surface area contributed by atoms with Gasteiger partial charge in [0.25, 0.3) is 5.56 Å². The summed E-state index contributed by atoms with van der Waals surface area (Å²) in [7, 11) is 1.70. The van der Waals surface area contributed by atoms with Crippen LogP contribution in [0.4, 0.5) is 5.69 Å². The number of rotatable bonds is 2. The van der Waals surface area contributed by atoms with E-state index in [0.717, 1.165) is 15.7 Å². The van der Waals surface area contributed by atoms with E-state index in [4.69, 9.17) is 0 Å². The fraction of sp³-hybridized carbons (Fsp3) is 0.167. The number of halogens is 1. The van der Waals surface area contributed by atoms with Crippen molar-refractivity contribution in [3.05, 3.63) is 68.7 Å². The molecule has 6 heteroatoms. The third kappa shape index (κ3) is 2.34. The standard InChI is InChI=1S/C18H14BrN3O2/c1-22-16(20-14-5-3-2-4-11(14)18(22)24)9-13-12-8-10(19)6-7-15(12)21-17(13)23/h2-8,13H,9H2,1H3,(H,21,23)/t13-/m1/s1. The van der Waals surface area contributed by atoms with E-state index < -0.39 is 0 Å². The lowest BCUT2D eigenvalue weighted by Gasteiger charge is -2.13. The Labute approximate surface area is 146 Å². The summed E-state index contributed by atoms with van der Waals surface area (Å²) in [6.45, 7) is 0. The lowest BCUT2D eigenvalue weighted by atomic mass is 9.96. The van der Waals surface area contributed by atoms with E-state index in [9.17, 15) is 9.59 Å². The molecule has 1 atom stereocenters. The zero-order valence-electron chi connectivity index (χ0n) is 12.9. The summed E-state index contributed by atoms with van der Waals surface area (Å²) < 4.78 is 2.45. The van der Waals surface area contributed by atoms with Gasteiger partial charge in [-0.3, -0.25) is 14.2 Å². The van der Waals surface area contributed by atoms with Gasteiger partial charge in [-0.15, -0.1) is 0 Å². The largest absolute Gasteiger partial charge is 0.325 e. The van der Waals surface area contributed by atoms with Crippen molar-refractivity contribution < 1.29 is 4.79 Å². The summed E-state index contributed by atoms with van der Waals surface area (Å²) in [5, 5.41) is 3.48. The Morgan fingerprint density at radius 1 is 1.21 bits per heavy atom. The van der Waals surface area contributed by atoms with E-state index in [1.165, 1.54) is 4.57 Å².